The highest BCUT2D eigenvalue weighted by atomic mass is 13.8. The van der Waals surface area contributed by atoms with Gasteiger partial charge in [-0.2, -0.15) is 0 Å². The van der Waals surface area contributed by atoms with Crippen LogP contribution >= 0.6 is 0 Å². The molecule has 0 saturated carbocycles. The molecule has 0 radical (unpaired) electrons. The highest BCUT2D eigenvalue weighted by molar-refractivity contribution is 5.02. The van der Waals surface area contributed by atoms with Gasteiger partial charge in [0.2, 0.25) is 0 Å². The monoisotopic (exact) mass is 190 g/mol. The fourth-order valence-electron chi connectivity index (χ4n) is 1.05. The third kappa shape index (κ3) is 11.0. The minimum Gasteiger partial charge on any atom is -0.130 e. The van der Waals surface area contributed by atoms with Crippen LogP contribution in [0.2, 0.25) is 0 Å². The van der Waals surface area contributed by atoms with Gasteiger partial charge in [0, 0.05) is 0 Å². The Labute approximate surface area is 88.7 Å². The summed E-state index contributed by atoms with van der Waals surface area (Å²) in [4.78, 5) is 0. The maximum Gasteiger partial charge on any atom is -0.0240 e. The molecule has 0 nitrogen and oxygen atoms in total. The molecule has 0 heterocycles. The Bertz CT molecular complexity index is 212. The van der Waals surface area contributed by atoms with Crippen LogP contribution in [-0.4, -0.2) is 0 Å². The topological polar surface area (TPSA) is 0 Å². The minimum absolute atomic E-state index is 1.09. The van der Waals surface area contributed by atoms with E-state index in [0.29, 0.717) is 0 Å². The fraction of sp³-hybridized carbons (Fsp3) is 0.500. The van der Waals surface area contributed by atoms with E-state index in [9.17, 15) is 0 Å². The molecule has 0 aromatic rings. The average molecular weight is 190 g/mol. The van der Waals surface area contributed by atoms with Crippen molar-refractivity contribution in [1.29, 1.82) is 0 Å². The Kier molecular flexibility index (Phi) is 11.1. The van der Waals surface area contributed by atoms with Crippen molar-refractivity contribution >= 4 is 0 Å². The van der Waals surface area contributed by atoms with Crippen molar-refractivity contribution in [3.05, 3.63) is 42.2 Å². The first-order valence-corrected chi connectivity index (χ1v) is 5.59. The molecule has 0 rings (SSSR count). The predicted octanol–water partition coefficient (Wildman–Crippen LogP) is 4.80. The van der Waals surface area contributed by atoms with Crippen molar-refractivity contribution in [2.75, 3.05) is 0 Å². The van der Waals surface area contributed by atoms with E-state index in [2.05, 4.69) is 43.0 Å². The molecule has 0 aliphatic rings. The molecule has 0 spiro atoms. The van der Waals surface area contributed by atoms with E-state index in [1.165, 1.54) is 19.3 Å². The molecule has 0 amide bonds. The van der Waals surface area contributed by atoms with E-state index < -0.39 is 0 Å². The summed E-state index contributed by atoms with van der Waals surface area (Å²) < 4.78 is 0. The van der Waals surface area contributed by atoms with Crippen molar-refractivity contribution in [3.63, 3.8) is 0 Å². The summed E-state index contributed by atoms with van der Waals surface area (Å²) in [6, 6.07) is 0. The SMILES string of the molecule is CC=C=CCCC=CC=CCCCC. The molecular formula is C14H22. The molecular weight excluding hydrogens is 168 g/mol. The molecule has 0 saturated heterocycles. The van der Waals surface area contributed by atoms with Crippen molar-refractivity contribution < 1.29 is 0 Å². The Hall–Kier alpha value is -1.00. The lowest BCUT2D eigenvalue weighted by molar-refractivity contribution is 0.815. The Morgan fingerprint density at radius 3 is 2.36 bits per heavy atom. The van der Waals surface area contributed by atoms with Gasteiger partial charge in [0.1, 0.15) is 0 Å². The Morgan fingerprint density at radius 2 is 1.71 bits per heavy atom. The van der Waals surface area contributed by atoms with Crippen molar-refractivity contribution in [1.82, 2.24) is 0 Å². The van der Waals surface area contributed by atoms with E-state index in [1.54, 1.807) is 0 Å². The molecule has 0 heteroatoms. The van der Waals surface area contributed by atoms with Gasteiger partial charge < -0.3 is 0 Å². The van der Waals surface area contributed by atoms with Crippen LogP contribution in [0.3, 0.4) is 0 Å². The second-order valence-corrected chi connectivity index (χ2v) is 3.24. The van der Waals surface area contributed by atoms with Gasteiger partial charge in [-0.1, -0.05) is 44.1 Å². The Morgan fingerprint density at radius 1 is 1.00 bits per heavy atom. The molecule has 0 bridgehead atoms. The van der Waals surface area contributed by atoms with Crippen molar-refractivity contribution in [2.24, 2.45) is 0 Å². The Balaban J connectivity index is 3.35. The molecule has 0 N–H and O–H groups in total. The first-order chi connectivity index (χ1) is 6.91. The summed E-state index contributed by atoms with van der Waals surface area (Å²) in [6.45, 7) is 4.21. The smallest absolute Gasteiger partial charge is 0.0240 e. The lowest BCUT2D eigenvalue weighted by Gasteiger charge is -1.86. The van der Waals surface area contributed by atoms with Crippen molar-refractivity contribution in [2.45, 2.75) is 46.0 Å². The van der Waals surface area contributed by atoms with Crippen LogP contribution in [0.25, 0.3) is 0 Å². The van der Waals surface area contributed by atoms with E-state index in [-0.39, 0.29) is 0 Å². The lowest BCUT2D eigenvalue weighted by atomic mass is 10.2. The third-order valence-corrected chi connectivity index (χ3v) is 1.87. The highest BCUT2D eigenvalue weighted by Crippen LogP contribution is 1.96. The molecule has 0 atom stereocenters. The maximum absolute atomic E-state index is 3.07. The first kappa shape index (κ1) is 13.0. The van der Waals surface area contributed by atoms with Gasteiger partial charge in [0.25, 0.3) is 0 Å². The molecule has 0 aliphatic heterocycles. The van der Waals surface area contributed by atoms with Crippen molar-refractivity contribution in [3.8, 4) is 0 Å². The van der Waals surface area contributed by atoms with Crippen LogP contribution in [0.1, 0.15) is 46.0 Å². The van der Waals surface area contributed by atoms with Gasteiger partial charge >= 0.3 is 0 Å². The van der Waals surface area contributed by atoms with Gasteiger partial charge in [-0.05, 0) is 38.3 Å². The quantitative estimate of drug-likeness (QED) is 0.307. The summed E-state index contributed by atoms with van der Waals surface area (Å²) in [5, 5.41) is 0. The number of hydrogen-bond donors (Lipinski definition) is 0. The normalized spacial score (nSPS) is 10.7. The van der Waals surface area contributed by atoms with Gasteiger partial charge in [0.05, 0.1) is 0 Å². The summed E-state index contributed by atoms with van der Waals surface area (Å²) >= 11 is 0. The standard InChI is InChI=1S/C14H22/c1-3-5-7-9-11-13-14-12-10-8-6-4-2/h3,7,10,12-14H,4,6,8-9,11H2,1-2H3. The summed E-state index contributed by atoms with van der Waals surface area (Å²) in [5.41, 5.74) is 3.07. The molecule has 14 heavy (non-hydrogen) atoms. The van der Waals surface area contributed by atoms with E-state index in [0.717, 1.165) is 12.8 Å². The summed E-state index contributed by atoms with van der Waals surface area (Å²) in [6.07, 6.45) is 18.7. The second kappa shape index (κ2) is 12.0. The molecule has 0 aliphatic carbocycles. The van der Waals surface area contributed by atoms with Gasteiger partial charge in [-0.15, -0.1) is 5.73 Å². The minimum atomic E-state index is 1.09. The van der Waals surface area contributed by atoms with E-state index in [4.69, 9.17) is 0 Å². The average Bonchev–Trinajstić information content (AvgIpc) is 2.21. The summed E-state index contributed by atoms with van der Waals surface area (Å²) in [7, 11) is 0. The van der Waals surface area contributed by atoms with Crippen LogP contribution in [0.4, 0.5) is 0 Å². The summed E-state index contributed by atoms with van der Waals surface area (Å²) in [5.74, 6) is 0. The van der Waals surface area contributed by atoms with E-state index >= 15 is 0 Å². The fourth-order valence-corrected chi connectivity index (χ4v) is 1.05. The van der Waals surface area contributed by atoms with Crippen LogP contribution in [-0.2, 0) is 0 Å². The molecule has 0 fully saturated rings. The highest BCUT2D eigenvalue weighted by Gasteiger charge is 1.76. The number of unbranched alkanes of at least 4 members (excludes halogenated alkanes) is 3. The van der Waals surface area contributed by atoms with Crippen LogP contribution in [0.15, 0.2) is 42.2 Å². The predicted molar refractivity (Wildman–Crippen MR) is 65.4 cm³/mol. The number of rotatable bonds is 7. The zero-order chi connectivity index (χ0) is 10.5. The molecule has 0 aromatic heterocycles. The van der Waals surface area contributed by atoms with Gasteiger partial charge in [-0.25, -0.2) is 0 Å². The number of allylic oxidation sites excluding steroid dienone is 5. The molecule has 0 unspecified atom stereocenters. The molecule has 78 valence electrons. The van der Waals surface area contributed by atoms with Gasteiger partial charge in [0.15, 0.2) is 0 Å². The second-order valence-electron chi connectivity index (χ2n) is 3.24. The maximum atomic E-state index is 3.07. The van der Waals surface area contributed by atoms with Crippen LogP contribution < -0.4 is 0 Å². The lowest BCUT2D eigenvalue weighted by Crippen LogP contribution is -1.65. The van der Waals surface area contributed by atoms with Crippen LogP contribution in [0, 0.1) is 0 Å². The zero-order valence-corrected chi connectivity index (χ0v) is 9.50. The van der Waals surface area contributed by atoms with Gasteiger partial charge in [-0.3, -0.25) is 0 Å². The third-order valence-electron chi connectivity index (χ3n) is 1.87. The van der Waals surface area contributed by atoms with E-state index in [1.807, 2.05) is 13.0 Å². The zero-order valence-electron chi connectivity index (χ0n) is 9.50. The largest absolute Gasteiger partial charge is 0.130 e. The first-order valence-electron chi connectivity index (χ1n) is 5.59. The number of hydrogen-bond acceptors (Lipinski definition) is 0. The van der Waals surface area contributed by atoms with Crippen LogP contribution in [0.5, 0.6) is 0 Å². The molecule has 0 aromatic carbocycles.